The fourth-order valence-electron chi connectivity index (χ4n) is 4.18. The second-order valence-corrected chi connectivity index (χ2v) is 9.18. The number of aryl methyl sites for hydroxylation is 2. The Balaban J connectivity index is 0.000000168. The molecule has 0 amide bonds. The molecule has 0 bridgehead atoms. The monoisotopic (exact) mass is 478 g/mol. The fraction of sp³-hybridized carbons (Fsp3) is 0.129. The van der Waals surface area contributed by atoms with Crippen LogP contribution in [0.5, 0.6) is 0 Å². The molecule has 1 aromatic heterocycles. The molecule has 0 aliphatic heterocycles. The summed E-state index contributed by atoms with van der Waals surface area (Å²) in [4.78, 5) is 36.3. The van der Waals surface area contributed by atoms with Gasteiger partial charge in [0.1, 0.15) is 0 Å². The molecule has 174 valence electrons. The second-order valence-electron chi connectivity index (χ2n) is 8.10. The first-order valence-corrected chi connectivity index (χ1v) is 12.5. The molecule has 0 radical (unpaired) electrons. The fourth-order valence-corrected chi connectivity index (χ4v) is 5.28. The molecule has 4 heteroatoms. The van der Waals surface area contributed by atoms with Crippen LogP contribution >= 0.6 is 11.3 Å². The maximum Gasteiger partial charge on any atom is 0.233 e. The predicted molar refractivity (Wildman–Crippen MR) is 146 cm³/mol. The quantitative estimate of drug-likeness (QED) is 0.151. The Kier molecular flexibility index (Phi) is 7.64. The molecule has 0 atom stereocenters. The topological polar surface area (TPSA) is 51.2 Å². The molecule has 3 nitrogen and oxygen atoms in total. The van der Waals surface area contributed by atoms with Gasteiger partial charge in [0, 0.05) is 31.3 Å². The third-order valence-electron chi connectivity index (χ3n) is 5.96. The highest BCUT2D eigenvalue weighted by molar-refractivity contribution is 7.24. The van der Waals surface area contributed by atoms with Gasteiger partial charge in [-0.3, -0.25) is 14.4 Å². The van der Waals surface area contributed by atoms with E-state index in [0.29, 0.717) is 11.1 Å². The molecule has 1 heterocycles. The van der Waals surface area contributed by atoms with E-state index < -0.39 is 11.6 Å². The zero-order chi connectivity index (χ0) is 24.8. The maximum atomic E-state index is 12.7. The molecule has 4 aromatic carbocycles. The molecule has 0 spiro atoms. The van der Waals surface area contributed by atoms with Gasteiger partial charge >= 0.3 is 0 Å². The standard InChI is InChI=1S/C17H16OS.C14H10O2/c1-3-11-9-10-15-16(12(11)4-2)17(18)13-7-5-6-8-14(13)19-15;15-13(11-7-3-1-4-8-11)14(16)12-9-5-2-6-10-12/h5-10H,3-4H2,1-2H3;1-10H. The maximum absolute atomic E-state index is 12.7. The molecule has 35 heavy (non-hydrogen) atoms. The highest BCUT2D eigenvalue weighted by Crippen LogP contribution is 2.28. The Morgan fingerprint density at radius 2 is 1.17 bits per heavy atom. The zero-order valence-electron chi connectivity index (χ0n) is 19.8. The number of Topliss-reactive ketones (excluding diaryl/α,β-unsaturated/α-hetero) is 2. The Morgan fingerprint density at radius 3 is 1.71 bits per heavy atom. The summed E-state index contributed by atoms with van der Waals surface area (Å²) in [5, 5.41) is 1.79. The summed E-state index contributed by atoms with van der Waals surface area (Å²) in [7, 11) is 0. The number of fused-ring (bicyclic) bond motifs is 2. The highest BCUT2D eigenvalue weighted by Gasteiger charge is 2.17. The number of benzene rings is 4. The summed E-state index contributed by atoms with van der Waals surface area (Å²) in [6, 6.07) is 29.3. The van der Waals surface area contributed by atoms with Crippen molar-refractivity contribution in [3.05, 3.63) is 130 Å². The number of carbonyl (C=O) groups excluding carboxylic acids is 2. The lowest BCUT2D eigenvalue weighted by atomic mass is 9.98. The number of rotatable bonds is 5. The first kappa shape index (κ1) is 24.2. The van der Waals surface area contributed by atoms with Crippen LogP contribution in [0.2, 0.25) is 0 Å². The lowest BCUT2D eigenvalue weighted by molar-refractivity contribution is 0.0817. The minimum Gasteiger partial charge on any atom is -0.288 e. The molecule has 0 saturated carbocycles. The summed E-state index contributed by atoms with van der Waals surface area (Å²) >= 11 is 1.71. The van der Waals surface area contributed by atoms with Crippen LogP contribution < -0.4 is 5.43 Å². The van der Waals surface area contributed by atoms with Crippen molar-refractivity contribution in [1.82, 2.24) is 0 Å². The molecule has 0 aliphatic rings. The summed E-state index contributed by atoms with van der Waals surface area (Å²) in [5.74, 6) is -0.932. The van der Waals surface area contributed by atoms with Crippen LogP contribution in [0.25, 0.3) is 20.2 Å². The van der Waals surface area contributed by atoms with E-state index in [1.165, 1.54) is 11.1 Å². The van der Waals surface area contributed by atoms with Crippen LogP contribution in [-0.4, -0.2) is 11.6 Å². The van der Waals surface area contributed by atoms with Crippen molar-refractivity contribution in [3.63, 3.8) is 0 Å². The average molecular weight is 479 g/mol. The second kappa shape index (κ2) is 11.0. The summed E-state index contributed by atoms with van der Waals surface area (Å²) in [5.41, 5.74) is 3.57. The van der Waals surface area contributed by atoms with Gasteiger partial charge in [-0.2, -0.15) is 0 Å². The summed E-state index contributed by atoms with van der Waals surface area (Å²) < 4.78 is 2.18. The predicted octanol–water partition coefficient (Wildman–Crippen LogP) is 7.29. The summed E-state index contributed by atoms with van der Waals surface area (Å²) in [6.45, 7) is 4.28. The molecule has 0 saturated heterocycles. The summed E-state index contributed by atoms with van der Waals surface area (Å²) in [6.07, 6.45) is 1.90. The largest absolute Gasteiger partial charge is 0.288 e. The lowest BCUT2D eigenvalue weighted by Gasteiger charge is -2.10. The molecule has 0 N–H and O–H groups in total. The van der Waals surface area contributed by atoms with E-state index in [4.69, 9.17) is 0 Å². The van der Waals surface area contributed by atoms with Crippen LogP contribution in [0, 0.1) is 0 Å². The highest BCUT2D eigenvalue weighted by atomic mass is 32.1. The molecule has 0 fully saturated rings. The van der Waals surface area contributed by atoms with Crippen molar-refractivity contribution in [1.29, 1.82) is 0 Å². The Hall–Kier alpha value is -3.89. The smallest absolute Gasteiger partial charge is 0.233 e. The number of ketones is 2. The van der Waals surface area contributed by atoms with Gasteiger partial charge in [-0.1, -0.05) is 92.7 Å². The molecule has 0 unspecified atom stereocenters. The van der Waals surface area contributed by atoms with Crippen molar-refractivity contribution in [2.24, 2.45) is 0 Å². The van der Waals surface area contributed by atoms with E-state index in [0.717, 1.165) is 33.0 Å². The van der Waals surface area contributed by atoms with E-state index in [1.807, 2.05) is 36.4 Å². The van der Waals surface area contributed by atoms with Gasteiger partial charge in [0.05, 0.1) is 0 Å². The normalized spacial score (nSPS) is 10.6. The number of hydrogen-bond acceptors (Lipinski definition) is 4. The van der Waals surface area contributed by atoms with Gasteiger partial charge in [0.25, 0.3) is 0 Å². The van der Waals surface area contributed by atoms with Crippen LogP contribution in [0.4, 0.5) is 0 Å². The Bertz CT molecular complexity index is 1500. The van der Waals surface area contributed by atoms with Gasteiger partial charge in [-0.15, -0.1) is 11.3 Å². The molecular weight excluding hydrogens is 452 g/mol. The van der Waals surface area contributed by atoms with E-state index in [9.17, 15) is 14.4 Å². The van der Waals surface area contributed by atoms with E-state index in [1.54, 1.807) is 59.9 Å². The molecular formula is C31H26O3S. The van der Waals surface area contributed by atoms with Crippen molar-refractivity contribution >= 4 is 43.1 Å². The van der Waals surface area contributed by atoms with Crippen LogP contribution in [-0.2, 0) is 12.8 Å². The van der Waals surface area contributed by atoms with Gasteiger partial charge in [-0.05, 0) is 42.2 Å². The third kappa shape index (κ3) is 5.13. The van der Waals surface area contributed by atoms with Gasteiger partial charge in [-0.25, -0.2) is 0 Å². The van der Waals surface area contributed by atoms with E-state index >= 15 is 0 Å². The van der Waals surface area contributed by atoms with Crippen molar-refractivity contribution < 1.29 is 9.59 Å². The average Bonchev–Trinajstić information content (AvgIpc) is 2.93. The number of hydrogen-bond donors (Lipinski definition) is 0. The van der Waals surface area contributed by atoms with Gasteiger partial charge in [0.15, 0.2) is 5.43 Å². The van der Waals surface area contributed by atoms with Crippen molar-refractivity contribution in [3.8, 4) is 0 Å². The third-order valence-corrected chi connectivity index (χ3v) is 7.10. The zero-order valence-corrected chi connectivity index (χ0v) is 20.6. The molecule has 0 aliphatic carbocycles. The Morgan fingerprint density at radius 1 is 0.629 bits per heavy atom. The number of carbonyl (C=O) groups is 2. The minimum absolute atomic E-state index is 0.191. The van der Waals surface area contributed by atoms with Crippen LogP contribution in [0.15, 0.2) is 102 Å². The SMILES string of the molecule is CCc1ccc2sc3ccccc3c(=O)c2c1CC.O=C(C(=O)c1ccccc1)c1ccccc1. The molecule has 5 aromatic rings. The van der Waals surface area contributed by atoms with Crippen molar-refractivity contribution in [2.45, 2.75) is 26.7 Å². The lowest BCUT2D eigenvalue weighted by Crippen LogP contribution is -2.14. The minimum atomic E-state index is -0.466. The van der Waals surface area contributed by atoms with E-state index in [2.05, 4.69) is 26.0 Å². The Labute approximate surface area is 208 Å². The van der Waals surface area contributed by atoms with Gasteiger partial charge < -0.3 is 0 Å². The van der Waals surface area contributed by atoms with Crippen LogP contribution in [0.1, 0.15) is 45.7 Å². The first-order chi connectivity index (χ1) is 17.0. The van der Waals surface area contributed by atoms with Crippen LogP contribution in [0.3, 0.4) is 0 Å². The van der Waals surface area contributed by atoms with Crippen molar-refractivity contribution in [2.75, 3.05) is 0 Å². The van der Waals surface area contributed by atoms with Gasteiger partial charge in [0.2, 0.25) is 11.6 Å². The first-order valence-electron chi connectivity index (χ1n) is 11.7. The molecule has 5 rings (SSSR count). The van der Waals surface area contributed by atoms with E-state index in [-0.39, 0.29) is 5.43 Å².